The van der Waals surface area contributed by atoms with E-state index in [9.17, 15) is 4.79 Å². The number of benzene rings is 1. The van der Waals surface area contributed by atoms with Crippen LogP contribution in [-0.2, 0) is 0 Å². The summed E-state index contributed by atoms with van der Waals surface area (Å²) in [6.45, 7) is 3.65. The molecular formula is C13H17NO2. The smallest absolute Gasteiger partial charge is 0.159 e. The summed E-state index contributed by atoms with van der Waals surface area (Å²) in [6.07, 6.45) is 1.36. The summed E-state index contributed by atoms with van der Waals surface area (Å²) in [5.74, 6) is 0.942. The number of hydrogen-bond donors (Lipinski definition) is 0. The van der Waals surface area contributed by atoms with Gasteiger partial charge in [0.2, 0.25) is 0 Å². The van der Waals surface area contributed by atoms with Gasteiger partial charge in [-0.25, -0.2) is 0 Å². The minimum atomic E-state index is 0.0900. The normalized spacial score (nSPS) is 21.0. The first-order valence-electron chi connectivity index (χ1n) is 5.61. The van der Waals surface area contributed by atoms with Crippen molar-refractivity contribution >= 4 is 5.78 Å². The van der Waals surface area contributed by atoms with Crippen LogP contribution in [0.25, 0.3) is 0 Å². The van der Waals surface area contributed by atoms with Crippen LogP contribution in [0.15, 0.2) is 24.3 Å². The Morgan fingerprint density at radius 3 is 2.56 bits per heavy atom. The molecule has 0 aromatic heterocycles. The van der Waals surface area contributed by atoms with Crippen LogP contribution in [0.3, 0.4) is 0 Å². The largest absolute Gasteiger partial charge is 0.489 e. The minimum Gasteiger partial charge on any atom is -0.489 e. The number of ketones is 1. The quantitative estimate of drug-likeness (QED) is 0.728. The van der Waals surface area contributed by atoms with Crippen LogP contribution in [0.4, 0.5) is 0 Å². The Labute approximate surface area is 96.0 Å². The topological polar surface area (TPSA) is 29.5 Å². The third-order valence-corrected chi connectivity index (χ3v) is 2.91. The Morgan fingerprint density at radius 2 is 2.06 bits per heavy atom. The van der Waals surface area contributed by atoms with Crippen LogP contribution in [0.5, 0.6) is 5.75 Å². The maximum atomic E-state index is 11.1. The molecule has 0 amide bonds. The van der Waals surface area contributed by atoms with Gasteiger partial charge in [-0.3, -0.25) is 4.79 Å². The molecule has 1 fully saturated rings. The molecular weight excluding hydrogens is 202 g/mol. The van der Waals surface area contributed by atoms with Gasteiger partial charge in [0.15, 0.2) is 5.78 Å². The Hall–Kier alpha value is -1.35. The third kappa shape index (κ3) is 2.61. The van der Waals surface area contributed by atoms with E-state index in [0.29, 0.717) is 0 Å². The van der Waals surface area contributed by atoms with E-state index >= 15 is 0 Å². The molecule has 3 heteroatoms. The van der Waals surface area contributed by atoms with Crippen LogP contribution in [0.1, 0.15) is 23.7 Å². The van der Waals surface area contributed by atoms with Crippen molar-refractivity contribution in [3.63, 3.8) is 0 Å². The lowest BCUT2D eigenvalue weighted by atomic mass is 10.1. The maximum Gasteiger partial charge on any atom is 0.159 e. The molecule has 1 atom stereocenters. The highest BCUT2D eigenvalue weighted by Crippen LogP contribution is 2.18. The van der Waals surface area contributed by atoms with Crippen molar-refractivity contribution < 1.29 is 9.53 Å². The first-order chi connectivity index (χ1) is 7.65. The molecule has 0 spiro atoms. The number of rotatable bonds is 3. The van der Waals surface area contributed by atoms with E-state index in [-0.39, 0.29) is 11.9 Å². The predicted molar refractivity (Wildman–Crippen MR) is 63.0 cm³/mol. The first kappa shape index (κ1) is 11.1. The van der Waals surface area contributed by atoms with Gasteiger partial charge in [0.25, 0.3) is 0 Å². The molecule has 3 nitrogen and oxygen atoms in total. The second kappa shape index (κ2) is 4.66. The number of carbonyl (C=O) groups is 1. The molecule has 0 bridgehead atoms. The lowest BCUT2D eigenvalue weighted by Crippen LogP contribution is -2.21. The third-order valence-electron chi connectivity index (χ3n) is 2.91. The van der Waals surface area contributed by atoms with Gasteiger partial charge in [0.1, 0.15) is 11.9 Å². The Kier molecular flexibility index (Phi) is 3.25. The summed E-state index contributed by atoms with van der Waals surface area (Å²) in [5.41, 5.74) is 0.732. The molecule has 0 saturated carbocycles. The van der Waals surface area contributed by atoms with Crippen molar-refractivity contribution in [2.24, 2.45) is 0 Å². The number of nitrogens with zero attached hydrogens (tertiary/aromatic N) is 1. The molecule has 1 saturated heterocycles. The molecule has 1 aliphatic rings. The van der Waals surface area contributed by atoms with Crippen LogP contribution < -0.4 is 4.74 Å². The number of likely N-dealkylation sites (N-methyl/N-ethyl adjacent to an activating group) is 1. The molecule has 16 heavy (non-hydrogen) atoms. The molecule has 1 unspecified atom stereocenters. The summed E-state index contributed by atoms with van der Waals surface area (Å²) in [5, 5.41) is 0. The average Bonchev–Trinajstić information content (AvgIpc) is 2.65. The van der Waals surface area contributed by atoms with Gasteiger partial charge in [-0.05, 0) is 44.7 Å². The molecule has 0 radical (unpaired) electrons. The van der Waals surface area contributed by atoms with Gasteiger partial charge in [-0.15, -0.1) is 0 Å². The van der Waals surface area contributed by atoms with E-state index in [1.54, 1.807) is 6.92 Å². The molecule has 1 aromatic carbocycles. The first-order valence-corrected chi connectivity index (χ1v) is 5.61. The van der Waals surface area contributed by atoms with E-state index in [1.807, 2.05) is 24.3 Å². The van der Waals surface area contributed by atoms with Crippen LogP contribution in [0, 0.1) is 0 Å². The predicted octanol–water partition coefficient (Wildman–Crippen LogP) is 1.97. The Bertz CT molecular complexity index is 372. The maximum absolute atomic E-state index is 11.1. The summed E-state index contributed by atoms with van der Waals surface area (Å²) in [7, 11) is 2.10. The number of Topliss-reactive ketones (excluding diaryl/α,β-unsaturated/α-hetero) is 1. The number of ether oxygens (including phenoxy) is 1. The minimum absolute atomic E-state index is 0.0900. The molecule has 0 N–H and O–H groups in total. The van der Waals surface area contributed by atoms with Crippen LogP contribution >= 0.6 is 0 Å². The van der Waals surface area contributed by atoms with Gasteiger partial charge in [0.05, 0.1) is 0 Å². The van der Waals surface area contributed by atoms with Crippen LogP contribution in [-0.4, -0.2) is 36.9 Å². The van der Waals surface area contributed by atoms with Gasteiger partial charge in [-0.2, -0.15) is 0 Å². The van der Waals surface area contributed by atoms with Gasteiger partial charge in [-0.1, -0.05) is 0 Å². The molecule has 0 aliphatic carbocycles. The number of likely N-dealkylation sites (tertiary alicyclic amines) is 1. The van der Waals surface area contributed by atoms with Gasteiger partial charge >= 0.3 is 0 Å². The summed E-state index contributed by atoms with van der Waals surface area (Å²) in [4.78, 5) is 13.4. The van der Waals surface area contributed by atoms with Gasteiger partial charge in [0, 0.05) is 18.7 Å². The summed E-state index contributed by atoms with van der Waals surface area (Å²) >= 11 is 0. The van der Waals surface area contributed by atoms with Crippen molar-refractivity contribution in [2.75, 3.05) is 20.1 Å². The van der Waals surface area contributed by atoms with Crippen LogP contribution in [0.2, 0.25) is 0 Å². The molecule has 1 aliphatic heterocycles. The highest BCUT2D eigenvalue weighted by molar-refractivity contribution is 5.94. The molecule has 1 heterocycles. The van der Waals surface area contributed by atoms with E-state index in [0.717, 1.165) is 30.8 Å². The number of carbonyl (C=O) groups excluding carboxylic acids is 1. The van der Waals surface area contributed by atoms with Crippen molar-refractivity contribution in [1.29, 1.82) is 0 Å². The standard InChI is InChI=1S/C13H17NO2/c1-10(15)11-3-5-12(6-4-11)16-13-7-8-14(2)9-13/h3-6,13H,7-9H2,1-2H3. The molecule has 1 aromatic rings. The van der Waals surface area contributed by atoms with Crippen molar-refractivity contribution in [3.05, 3.63) is 29.8 Å². The second-order valence-electron chi connectivity index (χ2n) is 4.37. The van der Waals surface area contributed by atoms with Crippen molar-refractivity contribution in [1.82, 2.24) is 4.90 Å². The van der Waals surface area contributed by atoms with E-state index < -0.39 is 0 Å². The summed E-state index contributed by atoms with van der Waals surface area (Å²) < 4.78 is 5.83. The summed E-state index contributed by atoms with van der Waals surface area (Å²) in [6, 6.07) is 7.37. The number of hydrogen-bond acceptors (Lipinski definition) is 3. The zero-order valence-electron chi connectivity index (χ0n) is 9.77. The Balaban J connectivity index is 1.97. The second-order valence-corrected chi connectivity index (χ2v) is 4.37. The zero-order valence-corrected chi connectivity index (χ0v) is 9.77. The lowest BCUT2D eigenvalue weighted by Gasteiger charge is -2.13. The highest BCUT2D eigenvalue weighted by Gasteiger charge is 2.20. The highest BCUT2D eigenvalue weighted by atomic mass is 16.5. The molecule has 2 rings (SSSR count). The fourth-order valence-electron chi connectivity index (χ4n) is 1.95. The van der Waals surface area contributed by atoms with E-state index in [2.05, 4.69) is 11.9 Å². The van der Waals surface area contributed by atoms with E-state index in [4.69, 9.17) is 4.74 Å². The SMILES string of the molecule is CC(=O)c1ccc(OC2CCN(C)C2)cc1. The monoisotopic (exact) mass is 219 g/mol. The van der Waals surface area contributed by atoms with Crippen molar-refractivity contribution in [2.45, 2.75) is 19.4 Å². The van der Waals surface area contributed by atoms with Crippen molar-refractivity contribution in [3.8, 4) is 5.75 Å². The fraction of sp³-hybridized carbons (Fsp3) is 0.462. The average molecular weight is 219 g/mol. The van der Waals surface area contributed by atoms with Gasteiger partial charge < -0.3 is 9.64 Å². The Morgan fingerprint density at radius 1 is 1.38 bits per heavy atom. The molecule has 86 valence electrons. The zero-order chi connectivity index (χ0) is 11.5. The van der Waals surface area contributed by atoms with E-state index in [1.165, 1.54) is 0 Å². The fourth-order valence-corrected chi connectivity index (χ4v) is 1.95. The lowest BCUT2D eigenvalue weighted by molar-refractivity contribution is 0.101.